The second-order valence-corrected chi connectivity index (χ2v) is 11.3. The van der Waals surface area contributed by atoms with E-state index in [2.05, 4.69) is 27.7 Å². The maximum absolute atomic E-state index is 12.9. The van der Waals surface area contributed by atoms with Gasteiger partial charge in [0.1, 0.15) is 4.21 Å². The zero-order valence-corrected chi connectivity index (χ0v) is 19.1. The summed E-state index contributed by atoms with van der Waals surface area (Å²) < 4.78 is 30.4. The lowest BCUT2D eigenvalue weighted by atomic mass is 10.2. The van der Waals surface area contributed by atoms with Crippen molar-refractivity contribution in [2.45, 2.75) is 10.8 Å². The van der Waals surface area contributed by atoms with Gasteiger partial charge in [0.15, 0.2) is 0 Å². The molecule has 1 aliphatic rings. The molecule has 1 saturated heterocycles. The number of fused-ring (bicyclic) bond motifs is 1. The van der Waals surface area contributed by atoms with Crippen LogP contribution in [0.3, 0.4) is 0 Å². The smallest absolute Gasteiger partial charge is 0.252 e. The first-order valence-corrected chi connectivity index (χ1v) is 12.7. The van der Waals surface area contributed by atoms with Crippen LogP contribution in [0, 0.1) is 0 Å². The van der Waals surface area contributed by atoms with Crippen molar-refractivity contribution in [3.8, 4) is 0 Å². The average molecular weight is 473 g/mol. The lowest BCUT2D eigenvalue weighted by Crippen LogP contribution is -2.49. The Morgan fingerprint density at radius 2 is 1.61 bits per heavy atom. The number of nitrogens with zero attached hydrogens (tertiary/aromatic N) is 4. The summed E-state index contributed by atoms with van der Waals surface area (Å²) in [6.45, 7) is 2.69. The highest BCUT2D eigenvalue weighted by Crippen LogP contribution is 2.30. The maximum Gasteiger partial charge on any atom is 0.252 e. The van der Waals surface area contributed by atoms with Gasteiger partial charge in [0.25, 0.3) is 10.0 Å². The molecule has 0 atom stereocenters. The van der Waals surface area contributed by atoms with Gasteiger partial charge >= 0.3 is 0 Å². The molecule has 0 saturated carbocycles. The lowest BCUT2D eigenvalue weighted by molar-refractivity contribution is 0.382. The molecule has 5 rings (SSSR count). The van der Waals surface area contributed by atoms with Crippen molar-refractivity contribution in [1.82, 2.24) is 13.9 Å². The first-order chi connectivity index (χ1) is 15.0. The number of piperazine rings is 1. The molecule has 1 fully saturated rings. The number of hydrogen-bond acceptors (Lipinski definition) is 5. The number of rotatable bonds is 5. The van der Waals surface area contributed by atoms with Crippen LogP contribution < -0.4 is 4.90 Å². The predicted octanol–water partition coefficient (Wildman–Crippen LogP) is 4.31. The van der Waals surface area contributed by atoms with Crippen molar-refractivity contribution in [2.75, 3.05) is 31.1 Å². The van der Waals surface area contributed by atoms with E-state index in [9.17, 15) is 8.42 Å². The number of hydrogen-bond donors (Lipinski definition) is 0. The number of sulfonamides is 1. The Hall–Kier alpha value is -2.39. The highest BCUT2D eigenvalue weighted by atomic mass is 35.5. The molecule has 1 aliphatic heterocycles. The summed E-state index contributed by atoms with van der Waals surface area (Å²) in [6.07, 6.45) is 0. The van der Waals surface area contributed by atoms with Gasteiger partial charge in [0, 0.05) is 26.2 Å². The highest BCUT2D eigenvalue weighted by molar-refractivity contribution is 7.91. The van der Waals surface area contributed by atoms with Crippen LogP contribution in [0.4, 0.5) is 5.95 Å². The van der Waals surface area contributed by atoms with Crippen molar-refractivity contribution in [1.29, 1.82) is 0 Å². The summed E-state index contributed by atoms with van der Waals surface area (Å²) in [7, 11) is -3.52. The molecule has 0 N–H and O–H groups in total. The molecule has 3 heterocycles. The van der Waals surface area contributed by atoms with Crippen molar-refractivity contribution >= 4 is 49.9 Å². The Bertz CT molecular complexity index is 1310. The minimum Gasteiger partial charge on any atom is -0.340 e. The molecular formula is C22H21ClN4O2S2. The number of aromatic nitrogens is 2. The SMILES string of the molecule is O=S(=O)(c1ccc(Cl)s1)N1CCN(c2nc3ccccc3n2Cc2ccccc2)CC1. The standard InChI is InChI=1S/C22H21ClN4O2S2/c23-20-10-11-21(30-20)31(28,29)26-14-12-25(13-15-26)22-24-18-8-4-5-9-19(18)27(22)16-17-6-2-1-3-7-17/h1-11H,12-16H2. The fourth-order valence-corrected chi connectivity index (χ4v) is 6.98. The number of benzene rings is 2. The zero-order valence-electron chi connectivity index (χ0n) is 16.7. The summed E-state index contributed by atoms with van der Waals surface area (Å²) >= 11 is 7.05. The molecule has 6 nitrogen and oxygen atoms in total. The van der Waals surface area contributed by atoms with E-state index in [1.807, 2.05) is 36.4 Å². The number of para-hydroxylation sites is 2. The monoisotopic (exact) mass is 472 g/mol. The third kappa shape index (κ3) is 3.96. The third-order valence-electron chi connectivity index (χ3n) is 5.48. The summed E-state index contributed by atoms with van der Waals surface area (Å²) in [5, 5.41) is 0. The van der Waals surface area contributed by atoms with Crippen molar-refractivity contribution < 1.29 is 8.42 Å². The molecular weight excluding hydrogens is 452 g/mol. The van der Waals surface area contributed by atoms with Gasteiger partial charge in [-0.3, -0.25) is 0 Å². The van der Waals surface area contributed by atoms with Gasteiger partial charge in [-0.15, -0.1) is 11.3 Å². The number of thiophene rings is 1. The van der Waals surface area contributed by atoms with E-state index in [1.165, 1.54) is 9.87 Å². The predicted molar refractivity (Wildman–Crippen MR) is 126 cm³/mol. The van der Waals surface area contributed by atoms with Gasteiger partial charge in [-0.1, -0.05) is 54.1 Å². The Morgan fingerprint density at radius 3 is 2.32 bits per heavy atom. The van der Waals surface area contributed by atoms with Crippen LogP contribution in [0.25, 0.3) is 11.0 Å². The molecule has 9 heteroatoms. The molecule has 0 unspecified atom stereocenters. The van der Waals surface area contributed by atoms with Gasteiger partial charge in [0.05, 0.1) is 21.9 Å². The molecule has 2 aromatic carbocycles. The van der Waals surface area contributed by atoms with E-state index in [4.69, 9.17) is 16.6 Å². The second-order valence-electron chi connectivity index (χ2n) is 7.42. The molecule has 0 amide bonds. The molecule has 2 aromatic heterocycles. The molecule has 0 bridgehead atoms. The van der Waals surface area contributed by atoms with Gasteiger partial charge in [-0.2, -0.15) is 4.31 Å². The van der Waals surface area contributed by atoms with Gasteiger partial charge < -0.3 is 9.47 Å². The van der Waals surface area contributed by atoms with Crippen molar-refractivity contribution in [3.63, 3.8) is 0 Å². The average Bonchev–Trinajstić information content (AvgIpc) is 3.39. The molecule has 0 aliphatic carbocycles. The van der Waals surface area contributed by atoms with Gasteiger partial charge in [0.2, 0.25) is 5.95 Å². The van der Waals surface area contributed by atoms with Crippen LogP contribution >= 0.6 is 22.9 Å². The number of halogens is 1. The van der Waals surface area contributed by atoms with Crippen molar-refractivity contribution in [2.24, 2.45) is 0 Å². The van der Waals surface area contributed by atoms with Crippen LogP contribution in [-0.4, -0.2) is 48.5 Å². The molecule has 4 aromatic rings. The van der Waals surface area contributed by atoms with Crippen LogP contribution in [-0.2, 0) is 16.6 Å². The van der Waals surface area contributed by atoms with Crippen LogP contribution in [0.1, 0.15) is 5.56 Å². The molecule has 160 valence electrons. The van der Waals surface area contributed by atoms with E-state index in [0.717, 1.165) is 28.3 Å². The van der Waals surface area contributed by atoms with E-state index >= 15 is 0 Å². The normalized spacial score (nSPS) is 15.6. The summed E-state index contributed by atoms with van der Waals surface area (Å²) in [6, 6.07) is 21.6. The van der Waals surface area contributed by atoms with Gasteiger partial charge in [-0.25, -0.2) is 13.4 Å². The van der Waals surface area contributed by atoms with E-state index in [-0.39, 0.29) is 0 Å². The summed E-state index contributed by atoms with van der Waals surface area (Å²) in [5.74, 6) is 0.876. The first-order valence-electron chi connectivity index (χ1n) is 10.0. The topological polar surface area (TPSA) is 58.4 Å². The fourth-order valence-electron chi connectivity index (χ4n) is 3.92. The number of anilines is 1. The van der Waals surface area contributed by atoms with Crippen LogP contribution in [0.2, 0.25) is 4.34 Å². The minimum atomic E-state index is -3.52. The highest BCUT2D eigenvalue weighted by Gasteiger charge is 2.31. The fraction of sp³-hybridized carbons (Fsp3) is 0.227. The van der Waals surface area contributed by atoms with Crippen LogP contribution in [0.5, 0.6) is 0 Å². The van der Waals surface area contributed by atoms with E-state index in [0.29, 0.717) is 41.3 Å². The summed E-state index contributed by atoms with van der Waals surface area (Å²) in [4.78, 5) is 7.06. The van der Waals surface area contributed by atoms with Crippen molar-refractivity contribution in [3.05, 3.63) is 76.6 Å². The molecule has 0 spiro atoms. The minimum absolute atomic E-state index is 0.294. The largest absolute Gasteiger partial charge is 0.340 e. The Morgan fingerprint density at radius 1 is 0.903 bits per heavy atom. The number of imidazole rings is 1. The Kier molecular flexibility index (Phi) is 5.47. The zero-order chi connectivity index (χ0) is 21.4. The quantitative estimate of drug-likeness (QED) is 0.434. The van der Waals surface area contributed by atoms with E-state index < -0.39 is 10.0 Å². The molecule has 0 radical (unpaired) electrons. The van der Waals surface area contributed by atoms with Crippen LogP contribution in [0.15, 0.2) is 70.9 Å². The third-order valence-corrected chi connectivity index (χ3v) is 9.08. The maximum atomic E-state index is 12.9. The lowest BCUT2D eigenvalue weighted by Gasteiger charge is -2.34. The second kappa shape index (κ2) is 8.27. The first kappa shape index (κ1) is 20.5. The Balaban J connectivity index is 1.41. The molecule has 31 heavy (non-hydrogen) atoms. The summed E-state index contributed by atoms with van der Waals surface area (Å²) in [5.41, 5.74) is 3.21. The van der Waals surface area contributed by atoms with Gasteiger partial charge in [-0.05, 0) is 29.8 Å². The van der Waals surface area contributed by atoms with E-state index in [1.54, 1.807) is 12.1 Å². The Labute approximate surface area is 190 Å².